The molecule has 2 bridgehead atoms. The number of rotatable bonds is 1. The Labute approximate surface area is 125 Å². The second kappa shape index (κ2) is 4.22. The molecule has 3 saturated carbocycles. The topological polar surface area (TPSA) is 57.5 Å². The lowest BCUT2D eigenvalue weighted by molar-refractivity contribution is -0.149. The van der Waals surface area contributed by atoms with Crippen LogP contribution in [0.4, 0.5) is 0 Å². The molecule has 21 heavy (non-hydrogen) atoms. The molecule has 1 spiro atoms. The lowest BCUT2D eigenvalue weighted by Crippen LogP contribution is -2.40. The minimum absolute atomic E-state index is 0.0286. The largest absolute Gasteiger partial charge is 0.481 e. The van der Waals surface area contributed by atoms with Crippen molar-refractivity contribution in [2.45, 2.75) is 45.1 Å². The minimum atomic E-state index is -0.662. The zero-order valence-electron chi connectivity index (χ0n) is 12.6. The highest BCUT2D eigenvalue weighted by Crippen LogP contribution is 2.70. The number of hydrogen-bond donors (Lipinski definition) is 2. The molecule has 4 unspecified atom stereocenters. The van der Waals surface area contributed by atoms with Gasteiger partial charge in [0, 0.05) is 0 Å². The zero-order valence-corrected chi connectivity index (χ0v) is 12.6. The Morgan fingerprint density at radius 3 is 2.90 bits per heavy atom. The Balaban J connectivity index is 1.86. The molecule has 0 saturated heterocycles. The van der Waals surface area contributed by atoms with Gasteiger partial charge < -0.3 is 10.2 Å². The number of carboxylic acid groups (broad SMARTS) is 1. The van der Waals surface area contributed by atoms with Crippen molar-refractivity contribution < 1.29 is 15.0 Å². The summed E-state index contributed by atoms with van der Waals surface area (Å²) in [5.41, 5.74) is 2.52. The molecule has 0 aromatic heterocycles. The fraction of sp³-hybridized carbons (Fsp3) is 0.722. The van der Waals surface area contributed by atoms with E-state index in [1.807, 2.05) is 6.92 Å². The molecular weight excluding hydrogens is 264 g/mol. The normalized spacial score (nSPS) is 51.3. The fourth-order valence-electron chi connectivity index (χ4n) is 6.20. The maximum absolute atomic E-state index is 12.1. The molecule has 3 heteroatoms. The van der Waals surface area contributed by atoms with Crippen molar-refractivity contribution in [3.05, 3.63) is 23.8 Å². The van der Waals surface area contributed by atoms with Crippen molar-refractivity contribution in [2.75, 3.05) is 0 Å². The third kappa shape index (κ3) is 1.56. The number of hydrogen-bond acceptors (Lipinski definition) is 2. The first-order valence-electron chi connectivity index (χ1n) is 8.24. The number of aliphatic carboxylic acids is 1. The number of carboxylic acids is 1. The summed E-state index contributed by atoms with van der Waals surface area (Å²) >= 11 is 0. The lowest BCUT2D eigenvalue weighted by atomic mass is 9.64. The van der Waals surface area contributed by atoms with Gasteiger partial charge in [-0.1, -0.05) is 30.7 Å². The fourth-order valence-corrected chi connectivity index (χ4v) is 6.20. The summed E-state index contributed by atoms with van der Waals surface area (Å²) in [6.45, 7) is 6.27. The summed E-state index contributed by atoms with van der Waals surface area (Å²) in [4.78, 5) is 12.1. The van der Waals surface area contributed by atoms with Gasteiger partial charge in [0.2, 0.25) is 0 Å². The molecule has 2 N–H and O–H groups in total. The molecule has 0 heterocycles. The summed E-state index contributed by atoms with van der Waals surface area (Å²) in [6.07, 6.45) is 6.64. The molecule has 114 valence electrons. The van der Waals surface area contributed by atoms with Crippen molar-refractivity contribution in [1.82, 2.24) is 0 Å². The van der Waals surface area contributed by atoms with Gasteiger partial charge in [0.15, 0.2) is 0 Å². The van der Waals surface area contributed by atoms with E-state index in [1.165, 1.54) is 17.6 Å². The molecule has 0 aromatic rings. The van der Waals surface area contributed by atoms with Gasteiger partial charge in [0.25, 0.3) is 0 Å². The van der Waals surface area contributed by atoms with Gasteiger partial charge in [-0.15, -0.1) is 0 Å². The standard InChI is InChI=1S/C18H24O3/c1-9-7-18-8-11(9)3-5-13(18)12-4-6-14(19)10(2)15(12)16(18)17(20)21/h4,10-11,13-16,19H,1,3,5-8H2,2H3,(H,20,21)/t10?,11-,13+,14?,15?,16?,18+/m1/s1. The van der Waals surface area contributed by atoms with Crippen LogP contribution in [0.3, 0.4) is 0 Å². The Kier molecular flexibility index (Phi) is 2.73. The van der Waals surface area contributed by atoms with Crippen LogP contribution < -0.4 is 0 Å². The maximum atomic E-state index is 12.1. The van der Waals surface area contributed by atoms with Crippen LogP contribution in [0.1, 0.15) is 39.0 Å². The third-order valence-electron chi connectivity index (χ3n) is 7.06. The summed E-state index contributed by atoms with van der Waals surface area (Å²) in [7, 11) is 0. The van der Waals surface area contributed by atoms with Crippen molar-refractivity contribution in [2.24, 2.45) is 35.0 Å². The Hall–Kier alpha value is -1.09. The number of carbonyl (C=O) groups is 1. The smallest absolute Gasteiger partial charge is 0.307 e. The molecule has 3 fully saturated rings. The van der Waals surface area contributed by atoms with E-state index in [4.69, 9.17) is 0 Å². The van der Waals surface area contributed by atoms with E-state index in [2.05, 4.69) is 12.7 Å². The molecule has 4 aliphatic carbocycles. The summed E-state index contributed by atoms with van der Waals surface area (Å²) in [6, 6.07) is 0. The third-order valence-corrected chi connectivity index (χ3v) is 7.06. The van der Waals surface area contributed by atoms with Gasteiger partial charge >= 0.3 is 5.97 Å². The van der Waals surface area contributed by atoms with Crippen molar-refractivity contribution in [3.8, 4) is 0 Å². The molecule has 4 rings (SSSR count). The van der Waals surface area contributed by atoms with Crippen LogP contribution >= 0.6 is 0 Å². The van der Waals surface area contributed by atoms with Crippen LogP contribution in [0.2, 0.25) is 0 Å². The summed E-state index contributed by atoms with van der Waals surface area (Å²) in [5, 5.41) is 20.2. The van der Waals surface area contributed by atoms with Crippen LogP contribution in [0.5, 0.6) is 0 Å². The second-order valence-electron chi connectivity index (χ2n) is 7.81. The van der Waals surface area contributed by atoms with E-state index in [1.54, 1.807) is 0 Å². The number of aliphatic hydroxyl groups is 1. The van der Waals surface area contributed by atoms with Gasteiger partial charge in [-0.3, -0.25) is 4.79 Å². The first kappa shape index (κ1) is 13.6. The van der Waals surface area contributed by atoms with E-state index in [9.17, 15) is 15.0 Å². The summed E-state index contributed by atoms with van der Waals surface area (Å²) in [5.74, 6) is 0.0304. The van der Waals surface area contributed by atoms with Crippen LogP contribution in [0.25, 0.3) is 0 Å². The van der Waals surface area contributed by atoms with Crippen molar-refractivity contribution in [3.63, 3.8) is 0 Å². The van der Waals surface area contributed by atoms with Crippen LogP contribution in [-0.2, 0) is 4.79 Å². The van der Waals surface area contributed by atoms with Crippen LogP contribution in [0.15, 0.2) is 23.8 Å². The van der Waals surface area contributed by atoms with E-state index in [-0.39, 0.29) is 23.2 Å². The van der Waals surface area contributed by atoms with Crippen molar-refractivity contribution >= 4 is 5.97 Å². The monoisotopic (exact) mass is 288 g/mol. The molecule has 0 aliphatic heterocycles. The predicted molar refractivity (Wildman–Crippen MR) is 79.5 cm³/mol. The van der Waals surface area contributed by atoms with Crippen molar-refractivity contribution in [1.29, 1.82) is 0 Å². The molecular formula is C18H24O3. The SMILES string of the molecule is C=C1C[C@]23C[C@H]1CC[C@H]2C1=CCC(O)C(C)C1C3C(=O)O. The van der Waals surface area contributed by atoms with Gasteiger partial charge in [-0.25, -0.2) is 0 Å². The minimum Gasteiger partial charge on any atom is -0.481 e. The molecule has 0 radical (unpaired) electrons. The number of aliphatic hydroxyl groups excluding tert-OH is 1. The molecule has 0 aromatic carbocycles. The predicted octanol–water partition coefficient (Wildman–Crippen LogP) is 3.01. The zero-order chi connectivity index (χ0) is 14.9. The Morgan fingerprint density at radius 2 is 2.19 bits per heavy atom. The van der Waals surface area contributed by atoms with Crippen LogP contribution in [0, 0.1) is 35.0 Å². The van der Waals surface area contributed by atoms with E-state index >= 15 is 0 Å². The van der Waals surface area contributed by atoms with E-state index < -0.39 is 12.1 Å². The van der Waals surface area contributed by atoms with Gasteiger partial charge in [-0.2, -0.15) is 0 Å². The average molecular weight is 288 g/mol. The Bertz CT molecular complexity index is 549. The molecule has 0 amide bonds. The van der Waals surface area contributed by atoms with Gasteiger partial charge in [0.05, 0.1) is 12.0 Å². The highest BCUT2D eigenvalue weighted by molar-refractivity contribution is 5.74. The summed E-state index contributed by atoms with van der Waals surface area (Å²) < 4.78 is 0. The average Bonchev–Trinajstić information content (AvgIpc) is 2.86. The molecule has 4 aliphatic rings. The molecule has 7 atom stereocenters. The number of fused-ring (bicyclic) bond motifs is 3. The second-order valence-corrected chi connectivity index (χ2v) is 7.81. The van der Waals surface area contributed by atoms with Gasteiger partial charge in [-0.05, 0) is 61.2 Å². The van der Waals surface area contributed by atoms with Gasteiger partial charge in [0.1, 0.15) is 0 Å². The quantitative estimate of drug-likeness (QED) is 0.729. The van der Waals surface area contributed by atoms with E-state index in [0.717, 1.165) is 19.3 Å². The van der Waals surface area contributed by atoms with E-state index in [0.29, 0.717) is 18.3 Å². The first-order valence-corrected chi connectivity index (χ1v) is 8.24. The first-order chi connectivity index (χ1) is 9.95. The lowest BCUT2D eigenvalue weighted by Gasteiger charge is -2.38. The Morgan fingerprint density at radius 1 is 1.43 bits per heavy atom. The highest BCUT2D eigenvalue weighted by Gasteiger charge is 2.66. The maximum Gasteiger partial charge on any atom is 0.307 e. The molecule has 3 nitrogen and oxygen atoms in total. The highest BCUT2D eigenvalue weighted by atomic mass is 16.4. The number of allylic oxidation sites excluding steroid dienone is 2. The van der Waals surface area contributed by atoms with Crippen LogP contribution in [-0.4, -0.2) is 22.3 Å².